The van der Waals surface area contributed by atoms with Crippen molar-refractivity contribution in [1.82, 2.24) is 24.8 Å². The number of aromatic nitrogens is 3. The van der Waals surface area contributed by atoms with Crippen molar-refractivity contribution < 1.29 is 32.6 Å². The Kier molecular flexibility index (Phi) is 8.72. The fraction of sp³-hybridized carbons (Fsp3) is 0.500. The van der Waals surface area contributed by atoms with Crippen LogP contribution >= 0.6 is 0 Å². The minimum atomic E-state index is -0.952. The summed E-state index contributed by atoms with van der Waals surface area (Å²) in [5.41, 5.74) is -0.0330. The third-order valence-corrected chi connectivity index (χ3v) is 11.4. The molecule has 10 nitrogen and oxygen atoms in total. The van der Waals surface area contributed by atoms with Crippen molar-refractivity contribution in [3.63, 3.8) is 0 Å². The van der Waals surface area contributed by atoms with Gasteiger partial charge in [-0.1, -0.05) is 13.0 Å². The Hall–Kier alpha value is -4.52. The number of carbonyl (C=O) groups is 2. The second-order valence-electron chi connectivity index (χ2n) is 14.4. The van der Waals surface area contributed by atoms with Crippen LogP contribution in [0.5, 0.6) is 11.8 Å². The molecule has 2 aromatic carbocycles. The first kappa shape index (κ1) is 33.6. The number of aromatic hydroxyl groups is 1. The predicted octanol–water partition coefficient (Wildman–Crippen LogP) is 6.10. The number of amides is 2. The second-order valence-corrected chi connectivity index (χ2v) is 14.4. The Bertz CT molecular complexity index is 2040. The van der Waals surface area contributed by atoms with E-state index in [9.17, 15) is 19.1 Å². The molecule has 268 valence electrons. The predicted molar refractivity (Wildman–Crippen MR) is 185 cm³/mol. The number of ether oxygens (including phenoxy) is 1. The molecule has 4 saturated heterocycles. The highest BCUT2D eigenvalue weighted by Gasteiger charge is 2.49. The van der Waals surface area contributed by atoms with E-state index in [1.807, 2.05) is 11.8 Å². The maximum absolute atomic E-state index is 17.0. The first-order valence-electron chi connectivity index (χ1n) is 18.1. The molecule has 1 N–H and O–H groups in total. The van der Waals surface area contributed by atoms with E-state index in [1.54, 1.807) is 6.07 Å². The van der Waals surface area contributed by atoms with Gasteiger partial charge in [0.1, 0.15) is 41.4 Å². The summed E-state index contributed by atoms with van der Waals surface area (Å²) in [5, 5.41) is 11.9. The molecule has 2 aromatic heterocycles. The zero-order chi connectivity index (χ0) is 35.4. The number of phenols is 1. The van der Waals surface area contributed by atoms with Gasteiger partial charge in [0.2, 0.25) is 11.8 Å². The fourth-order valence-corrected chi connectivity index (χ4v) is 8.79. The zero-order valence-electron chi connectivity index (χ0n) is 28.6. The molecule has 13 heteroatoms. The lowest BCUT2D eigenvalue weighted by Crippen LogP contribution is -2.47. The molecule has 8 rings (SSSR count). The van der Waals surface area contributed by atoms with E-state index in [4.69, 9.17) is 9.72 Å². The molecule has 0 bridgehead atoms. The number of likely N-dealkylation sites (tertiary alicyclic amines) is 1. The van der Waals surface area contributed by atoms with Crippen LogP contribution < -0.4 is 9.64 Å². The third kappa shape index (κ3) is 5.92. The van der Waals surface area contributed by atoms with E-state index < -0.39 is 23.3 Å². The van der Waals surface area contributed by atoms with Gasteiger partial charge in [0.05, 0.1) is 10.9 Å². The number of hydrogen-bond acceptors (Lipinski definition) is 9. The summed E-state index contributed by atoms with van der Waals surface area (Å²) < 4.78 is 52.8. The molecule has 4 fully saturated rings. The van der Waals surface area contributed by atoms with Crippen molar-refractivity contribution in [2.45, 2.75) is 76.4 Å². The highest BCUT2D eigenvalue weighted by atomic mass is 19.1. The SMILES string of the molecule is CCc1c(F)ccc2cc(O)cc(-c3ncc4c(N5CCC(C(=O)N6CCCCC6=O)CC5)nc(OC[C@@]56CCCN5C[C@H](F)C6)nc4c3F)c12. The van der Waals surface area contributed by atoms with Crippen molar-refractivity contribution in [2.24, 2.45) is 5.92 Å². The Balaban J connectivity index is 1.18. The molecule has 4 aromatic rings. The average Bonchev–Trinajstić information content (AvgIpc) is 3.66. The fourth-order valence-electron chi connectivity index (χ4n) is 8.79. The number of pyridine rings is 1. The molecular formula is C38H41F3N6O4. The van der Waals surface area contributed by atoms with Crippen LogP contribution in [0.15, 0.2) is 30.5 Å². The quantitative estimate of drug-likeness (QED) is 0.228. The molecule has 51 heavy (non-hydrogen) atoms. The Morgan fingerprint density at radius 1 is 1.08 bits per heavy atom. The van der Waals surface area contributed by atoms with Crippen LogP contribution in [0.4, 0.5) is 19.0 Å². The molecular weight excluding hydrogens is 661 g/mol. The molecule has 0 spiro atoms. The summed E-state index contributed by atoms with van der Waals surface area (Å²) in [6.45, 7) is 4.39. The van der Waals surface area contributed by atoms with Crippen LogP contribution in [0.3, 0.4) is 0 Å². The van der Waals surface area contributed by atoms with Gasteiger partial charge >= 0.3 is 6.01 Å². The van der Waals surface area contributed by atoms with Gasteiger partial charge in [-0.25, -0.2) is 13.2 Å². The summed E-state index contributed by atoms with van der Waals surface area (Å²) in [5.74, 6) is -1.52. The number of nitrogens with zero attached hydrogens (tertiary/aromatic N) is 6. The second kappa shape index (κ2) is 13.2. The third-order valence-electron chi connectivity index (χ3n) is 11.4. The number of anilines is 1. The minimum Gasteiger partial charge on any atom is -0.508 e. The van der Waals surface area contributed by atoms with Crippen molar-refractivity contribution in [3.05, 3.63) is 47.7 Å². The number of piperidine rings is 2. The summed E-state index contributed by atoms with van der Waals surface area (Å²) in [6.07, 6.45) is 5.88. The lowest BCUT2D eigenvalue weighted by atomic mass is 9.93. The summed E-state index contributed by atoms with van der Waals surface area (Å²) in [6, 6.07) is 5.71. The first-order valence-corrected chi connectivity index (χ1v) is 18.1. The van der Waals surface area contributed by atoms with E-state index in [0.29, 0.717) is 85.8 Å². The number of phenolic OH excluding ortho intramolecular Hbond substituents is 1. The summed E-state index contributed by atoms with van der Waals surface area (Å²) in [7, 11) is 0. The number of fused-ring (bicyclic) bond motifs is 3. The van der Waals surface area contributed by atoms with Crippen LogP contribution in [0.2, 0.25) is 0 Å². The molecule has 0 unspecified atom stereocenters. The number of carbonyl (C=O) groups excluding carboxylic acids is 2. The summed E-state index contributed by atoms with van der Waals surface area (Å²) >= 11 is 0. The van der Waals surface area contributed by atoms with Gasteiger partial charge in [-0.2, -0.15) is 9.97 Å². The number of halogens is 3. The Morgan fingerprint density at radius 2 is 1.90 bits per heavy atom. The molecule has 2 amide bonds. The molecule has 6 heterocycles. The average molecular weight is 703 g/mol. The number of imide groups is 1. The van der Waals surface area contributed by atoms with Gasteiger partial charge in [0.15, 0.2) is 5.82 Å². The first-order chi connectivity index (χ1) is 24.7. The smallest absolute Gasteiger partial charge is 0.319 e. The number of rotatable bonds is 7. The topological polar surface area (TPSA) is 112 Å². The maximum Gasteiger partial charge on any atom is 0.319 e. The van der Waals surface area contributed by atoms with Crippen LogP contribution in [0.1, 0.15) is 63.9 Å². The normalized spacial score (nSPS) is 23.1. The Labute approximate surface area is 293 Å². The van der Waals surface area contributed by atoms with E-state index in [1.165, 1.54) is 29.3 Å². The number of alkyl halides is 1. The van der Waals surface area contributed by atoms with Crippen molar-refractivity contribution in [3.8, 4) is 23.0 Å². The number of hydrogen-bond donors (Lipinski definition) is 1. The van der Waals surface area contributed by atoms with E-state index >= 15 is 8.78 Å². The molecule has 4 aliphatic heterocycles. The van der Waals surface area contributed by atoms with Gasteiger partial charge < -0.3 is 14.7 Å². The molecule has 0 aliphatic carbocycles. The Morgan fingerprint density at radius 3 is 2.69 bits per heavy atom. The van der Waals surface area contributed by atoms with E-state index in [-0.39, 0.29) is 52.9 Å². The van der Waals surface area contributed by atoms with Crippen LogP contribution in [-0.4, -0.2) is 92.7 Å². The number of benzene rings is 2. The van der Waals surface area contributed by atoms with Gasteiger partial charge in [-0.15, -0.1) is 0 Å². The van der Waals surface area contributed by atoms with Gasteiger partial charge in [0.25, 0.3) is 0 Å². The lowest BCUT2D eigenvalue weighted by Gasteiger charge is -2.35. The van der Waals surface area contributed by atoms with Gasteiger partial charge in [-0.3, -0.25) is 24.4 Å². The van der Waals surface area contributed by atoms with Crippen LogP contribution in [-0.2, 0) is 16.0 Å². The molecule has 0 saturated carbocycles. The highest BCUT2D eigenvalue weighted by Crippen LogP contribution is 2.42. The zero-order valence-corrected chi connectivity index (χ0v) is 28.6. The van der Waals surface area contributed by atoms with Crippen molar-refractivity contribution >= 4 is 39.3 Å². The van der Waals surface area contributed by atoms with Crippen LogP contribution in [0, 0.1) is 17.6 Å². The van der Waals surface area contributed by atoms with Crippen molar-refractivity contribution in [1.29, 1.82) is 0 Å². The monoisotopic (exact) mass is 702 g/mol. The standard InChI is InChI=1S/C38H41F3N6O4/c1-2-26-29(40)8-7-23-16-25(48)17-27(31(23)26)33-32(41)34-28(19-42-33)35(44-37(43-34)51-21-38-11-5-12-46(38)20-24(39)18-38)45-14-9-22(10-15-45)36(50)47-13-4-3-6-30(47)49/h7-8,16-17,19,22,24,48H,2-6,9-15,18,20-21H2,1H3/t24-,38+/m1/s1. The van der Waals surface area contributed by atoms with Gasteiger partial charge in [-0.05, 0) is 86.0 Å². The van der Waals surface area contributed by atoms with Crippen LogP contribution in [0.25, 0.3) is 32.9 Å². The minimum absolute atomic E-state index is 0.0568. The molecule has 4 aliphatic rings. The molecule has 0 radical (unpaired) electrons. The number of aryl methyl sites for hydroxylation is 1. The summed E-state index contributed by atoms with van der Waals surface area (Å²) in [4.78, 5) is 45.1. The van der Waals surface area contributed by atoms with E-state index in [0.717, 1.165) is 32.2 Å². The highest BCUT2D eigenvalue weighted by molar-refractivity contribution is 6.02. The maximum atomic E-state index is 17.0. The van der Waals surface area contributed by atoms with Crippen molar-refractivity contribution in [2.75, 3.05) is 44.2 Å². The van der Waals surface area contributed by atoms with E-state index in [2.05, 4.69) is 14.9 Å². The molecule has 2 atom stereocenters. The lowest BCUT2D eigenvalue weighted by molar-refractivity contribution is -0.149. The largest absolute Gasteiger partial charge is 0.508 e. The van der Waals surface area contributed by atoms with Gasteiger partial charge in [0, 0.05) is 56.7 Å².